The van der Waals surface area contributed by atoms with Gasteiger partial charge in [0.1, 0.15) is 17.9 Å². The lowest BCUT2D eigenvalue weighted by Gasteiger charge is -2.08. The normalized spacial score (nSPS) is 21.7. The summed E-state index contributed by atoms with van der Waals surface area (Å²) < 4.78 is 0. The minimum absolute atomic E-state index is 0.258. The van der Waals surface area contributed by atoms with Gasteiger partial charge in [-0.15, -0.1) is 0 Å². The topological polar surface area (TPSA) is 67.8 Å². The van der Waals surface area contributed by atoms with E-state index >= 15 is 0 Å². The van der Waals surface area contributed by atoms with Crippen LogP contribution in [0.3, 0.4) is 0 Å². The smallest absolute Gasteiger partial charge is 0.386 e. The van der Waals surface area contributed by atoms with Gasteiger partial charge in [0, 0.05) is 0 Å². The zero-order valence-corrected chi connectivity index (χ0v) is 7.53. The summed E-state index contributed by atoms with van der Waals surface area (Å²) in [5, 5.41) is 9.28. The first-order chi connectivity index (χ1) is 6.70. The van der Waals surface area contributed by atoms with E-state index in [0.717, 1.165) is 5.69 Å². The highest BCUT2D eigenvalue weighted by atomic mass is 16.3. The van der Waals surface area contributed by atoms with Gasteiger partial charge in [-0.3, -0.25) is 0 Å². The number of nitrogens with one attached hydrogen (secondary N) is 1. The van der Waals surface area contributed by atoms with Gasteiger partial charge >= 0.3 is 5.91 Å². The molecular weight excluding hydrogens is 180 g/mol. The zero-order chi connectivity index (χ0) is 10.1. The van der Waals surface area contributed by atoms with E-state index in [1.54, 1.807) is 0 Å². The molecule has 0 saturated heterocycles. The number of carbonyl (C=O) groups excluding carboxylic acids is 1. The maximum atomic E-state index is 11.5. The largest absolute Gasteiger partial charge is 0.499 e. The summed E-state index contributed by atoms with van der Waals surface area (Å²) in [6.45, 7) is 0.342. The minimum Gasteiger partial charge on any atom is -0.499 e. The molecule has 2 rings (SSSR count). The van der Waals surface area contributed by atoms with Crippen LogP contribution in [0.15, 0.2) is 41.8 Å². The van der Waals surface area contributed by atoms with E-state index in [-0.39, 0.29) is 17.4 Å². The molecule has 0 aromatic heterocycles. The van der Waals surface area contributed by atoms with Gasteiger partial charge in [-0.2, -0.15) is 0 Å². The van der Waals surface area contributed by atoms with E-state index in [0.29, 0.717) is 11.4 Å². The first kappa shape index (κ1) is 8.77. The molecule has 0 fully saturated rings. The maximum Gasteiger partial charge on any atom is 0.386 e. The quantitative estimate of drug-likeness (QED) is 0.559. The van der Waals surface area contributed by atoms with Gasteiger partial charge in [-0.05, 0) is 12.1 Å². The summed E-state index contributed by atoms with van der Waals surface area (Å²) in [4.78, 5) is 12.1. The SMILES string of the molecule is NC1=C(O)C(=O)[NH+](c2ccccc2)C1. The van der Waals surface area contributed by atoms with Crippen LogP contribution in [0, 0.1) is 0 Å². The zero-order valence-electron chi connectivity index (χ0n) is 7.53. The lowest BCUT2D eigenvalue weighted by atomic mass is 10.3. The minimum atomic E-state index is -0.353. The Bertz CT molecular complexity index is 398. The van der Waals surface area contributed by atoms with Crippen LogP contribution in [0.1, 0.15) is 0 Å². The van der Waals surface area contributed by atoms with Crippen molar-refractivity contribution in [1.82, 2.24) is 0 Å². The molecule has 1 aliphatic heterocycles. The number of para-hydroxylation sites is 1. The van der Waals surface area contributed by atoms with Gasteiger partial charge in [0.2, 0.25) is 5.76 Å². The molecule has 0 spiro atoms. The number of carbonyl (C=O) groups is 1. The van der Waals surface area contributed by atoms with Gasteiger partial charge in [0.15, 0.2) is 0 Å². The van der Waals surface area contributed by atoms with Crippen LogP contribution in [0.5, 0.6) is 0 Å². The van der Waals surface area contributed by atoms with E-state index < -0.39 is 0 Å². The van der Waals surface area contributed by atoms with E-state index in [1.165, 1.54) is 0 Å². The molecule has 14 heavy (non-hydrogen) atoms. The van der Waals surface area contributed by atoms with Crippen molar-refractivity contribution >= 4 is 11.6 Å². The lowest BCUT2D eigenvalue weighted by Crippen LogP contribution is -3.08. The average molecular weight is 191 g/mol. The van der Waals surface area contributed by atoms with Gasteiger partial charge in [-0.25, -0.2) is 9.69 Å². The Morgan fingerprint density at radius 3 is 2.43 bits per heavy atom. The Kier molecular flexibility index (Phi) is 1.98. The number of rotatable bonds is 1. The van der Waals surface area contributed by atoms with Gasteiger partial charge in [0.05, 0.1) is 0 Å². The molecule has 1 aliphatic rings. The van der Waals surface area contributed by atoms with Crippen LogP contribution in [0.2, 0.25) is 0 Å². The third-order valence-corrected chi connectivity index (χ3v) is 2.28. The summed E-state index contributed by atoms with van der Waals surface area (Å²) in [5.41, 5.74) is 6.57. The van der Waals surface area contributed by atoms with Crippen molar-refractivity contribution in [2.45, 2.75) is 0 Å². The Balaban J connectivity index is 2.30. The van der Waals surface area contributed by atoms with E-state index in [2.05, 4.69) is 0 Å². The number of aliphatic hydroxyl groups excluding tert-OH is 1. The Morgan fingerprint density at radius 2 is 1.93 bits per heavy atom. The summed E-state index contributed by atoms with van der Waals surface area (Å²) in [5.74, 6) is -0.655. The van der Waals surface area contributed by atoms with Crippen molar-refractivity contribution in [2.75, 3.05) is 6.54 Å². The molecule has 0 radical (unpaired) electrons. The van der Waals surface area contributed by atoms with Crippen molar-refractivity contribution in [3.8, 4) is 0 Å². The van der Waals surface area contributed by atoms with Crippen molar-refractivity contribution in [2.24, 2.45) is 5.73 Å². The molecule has 4 nitrogen and oxygen atoms in total. The van der Waals surface area contributed by atoms with Crippen LogP contribution in [0.4, 0.5) is 5.69 Å². The molecule has 0 saturated carbocycles. The van der Waals surface area contributed by atoms with E-state index in [4.69, 9.17) is 5.73 Å². The Hall–Kier alpha value is -1.81. The molecule has 1 aromatic rings. The summed E-state index contributed by atoms with van der Waals surface area (Å²) in [6, 6.07) is 9.24. The van der Waals surface area contributed by atoms with E-state index in [9.17, 15) is 9.90 Å². The monoisotopic (exact) mass is 191 g/mol. The van der Waals surface area contributed by atoms with Crippen LogP contribution < -0.4 is 10.6 Å². The second-order valence-electron chi connectivity index (χ2n) is 3.22. The predicted octanol–water partition coefficient (Wildman–Crippen LogP) is -0.528. The fourth-order valence-electron chi connectivity index (χ4n) is 1.52. The van der Waals surface area contributed by atoms with Gasteiger partial charge in [0.25, 0.3) is 0 Å². The van der Waals surface area contributed by atoms with Crippen LogP contribution >= 0.6 is 0 Å². The third-order valence-electron chi connectivity index (χ3n) is 2.28. The van der Waals surface area contributed by atoms with E-state index in [1.807, 2.05) is 30.3 Å². The number of hydrogen-bond acceptors (Lipinski definition) is 3. The molecule has 1 atom stereocenters. The number of amides is 1. The fourth-order valence-corrected chi connectivity index (χ4v) is 1.52. The van der Waals surface area contributed by atoms with Crippen LogP contribution in [0.25, 0.3) is 0 Å². The molecule has 0 aliphatic carbocycles. The molecule has 0 bridgehead atoms. The molecule has 4 heteroatoms. The predicted molar refractivity (Wildman–Crippen MR) is 50.8 cm³/mol. The Labute approximate surface area is 81.3 Å². The van der Waals surface area contributed by atoms with Crippen molar-refractivity contribution in [1.29, 1.82) is 0 Å². The first-order valence-corrected chi connectivity index (χ1v) is 4.33. The Morgan fingerprint density at radius 1 is 1.29 bits per heavy atom. The summed E-state index contributed by atoms with van der Waals surface area (Å²) >= 11 is 0. The molecule has 1 heterocycles. The fraction of sp³-hybridized carbons (Fsp3) is 0.100. The molecule has 1 aromatic carbocycles. The first-order valence-electron chi connectivity index (χ1n) is 4.33. The maximum absolute atomic E-state index is 11.5. The van der Waals surface area contributed by atoms with Crippen molar-refractivity contribution in [3.05, 3.63) is 41.8 Å². The molecule has 1 unspecified atom stereocenters. The van der Waals surface area contributed by atoms with Crippen LogP contribution in [-0.4, -0.2) is 17.6 Å². The van der Waals surface area contributed by atoms with Crippen molar-refractivity contribution in [3.63, 3.8) is 0 Å². The van der Waals surface area contributed by atoms with Gasteiger partial charge in [-0.1, -0.05) is 18.2 Å². The van der Waals surface area contributed by atoms with Crippen molar-refractivity contribution < 1.29 is 14.8 Å². The molecular formula is C10H11N2O2+. The second-order valence-corrected chi connectivity index (χ2v) is 3.22. The number of nitrogens with two attached hydrogens (primary N) is 1. The highest BCUT2D eigenvalue weighted by molar-refractivity contribution is 5.87. The molecule has 1 amide bonds. The number of hydrogen-bond donors (Lipinski definition) is 3. The highest BCUT2D eigenvalue weighted by Crippen LogP contribution is 2.05. The number of benzene rings is 1. The summed E-state index contributed by atoms with van der Waals surface area (Å²) in [6.07, 6.45) is 0. The second kappa shape index (κ2) is 3.16. The molecule has 4 N–H and O–H groups in total. The summed E-state index contributed by atoms with van der Waals surface area (Å²) in [7, 11) is 0. The average Bonchev–Trinajstić information content (AvgIpc) is 2.47. The van der Waals surface area contributed by atoms with Gasteiger partial charge < -0.3 is 10.8 Å². The number of quaternary nitrogens is 1. The number of aliphatic hydroxyl groups is 1. The van der Waals surface area contributed by atoms with Crippen LogP contribution in [-0.2, 0) is 4.79 Å². The standard InChI is InChI=1S/C10H10N2O2/c11-8-6-12(10(14)9(8)13)7-4-2-1-3-5-7/h1-5,13H,6,11H2/p+1. The lowest BCUT2D eigenvalue weighted by molar-refractivity contribution is -0.736. The molecule has 72 valence electrons. The highest BCUT2D eigenvalue weighted by Gasteiger charge is 2.35. The third kappa shape index (κ3) is 1.25.